The lowest BCUT2D eigenvalue weighted by molar-refractivity contribution is 0.0952. The van der Waals surface area contributed by atoms with Crippen molar-refractivity contribution < 1.29 is 13.2 Å². The second-order valence-corrected chi connectivity index (χ2v) is 7.47. The zero-order valence-corrected chi connectivity index (χ0v) is 15.5. The van der Waals surface area contributed by atoms with Gasteiger partial charge in [-0.25, -0.2) is 8.42 Å². The third-order valence-electron chi connectivity index (χ3n) is 3.63. The van der Waals surface area contributed by atoms with Crippen LogP contribution in [0.2, 0.25) is 0 Å². The quantitative estimate of drug-likeness (QED) is 0.686. The lowest BCUT2D eigenvalue weighted by Gasteiger charge is -2.11. The van der Waals surface area contributed by atoms with Crippen LogP contribution in [-0.4, -0.2) is 27.4 Å². The predicted molar refractivity (Wildman–Crippen MR) is 102 cm³/mol. The molecule has 0 aliphatic heterocycles. The van der Waals surface area contributed by atoms with Gasteiger partial charge in [-0.15, -0.1) is 12.4 Å². The van der Waals surface area contributed by atoms with Crippen molar-refractivity contribution >= 4 is 28.2 Å². The maximum atomic E-state index is 12.5. The van der Waals surface area contributed by atoms with Crippen molar-refractivity contribution in [3.05, 3.63) is 65.7 Å². The minimum atomic E-state index is -3.49. The lowest BCUT2D eigenvalue weighted by Crippen LogP contribution is -2.26. The van der Waals surface area contributed by atoms with E-state index in [-0.39, 0.29) is 29.0 Å². The molecular formula is C18H23ClN2O3S. The van der Waals surface area contributed by atoms with Crippen molar-refractivity contribution in [2.45, 2.75) is 23.5 Å². The molecule has 3 N–H and O–H groups in total. The van der Waals surface area contributed by atoms with Crippen LogP contribution in [-0.2, 0) is 15.6 Å². The zero-order valence-electron chi connectivity index (χ0n) is 13.9. The van der Waals surface area contributed by atoms with Gasteiger partial charge in [-0.05, 0) is 43.1 Å². The van der Waals surface area contributed by atoms with E-state index in [2.05, 4.69) is 5.32 Å². The van der Waals surface area contributed by atoms with Crippen LogP contribution >= 0.6 is 12.4 Å². The van der Waals surface area contributed by atoms with Crippen LogP contribution in [0.15, 0.2) is 59.5 Å². The number of carbonyl (C=O) groups excluding carboxylic acids is 1. The summed E-state index contributed by atoms with van der Waals surface area (Å²) in [6, 6.07) is 15.0. The molecule has 136 valence electrons. The van der Waals surface area contributed by atoms with Crippen LogP contribution in [0.1, 0.15) is 28.8 Å². The van der Waals surface area contributed by atoms with Crippen LogP contribution in [0, 0.1) is 0 Å². The van der Waals surface area contributed by atoms with Crippen LogP contribution in [0.3, 0.4) is 0 Å². The molecule has 0 radical (unpaired) electrons. The molecule has 0 unspecified atom stereocenters. The Morgan fingerprint density at radius 1 is 0.960 bits per heavy atom. The number of benzene rings is 2. The molecule has 7 heteroatoms. The molecule has 0 saturated heterocycles. The minimum absolute atomic E-state index is 0. The van der Waals surface area contributed by atoms with E-state index >= 15 is 0 Å². The molecule has 0 aliphatic carbocycles. The number of nitrogens with one attached hydrogen (secondary N) is 1. The van der Waals surface area contributed by atoms with Crippen LogP contribution in [0.25, 0.3) is 0 Å². The molecular weight excluding hydrogens is 360 g/mol. The number of hydrogen-bond acceptors (Lipinski definition) is 4. The van der Waals surface area contributed by atoms with Crippen molar-refractivity contribution in [1.29, 1.82) is 0 Å². The van der Waals surface area contributed by atoms with E-state index in [9.17, 15) is 13.2 Å². The number of nitrogens with two attached hydrogens (primary N) is 1. The first-order valence-electron chi connectivity index (χ1n) is 7.88. The summed E-state index contributed by atoms with van der Waals surface area (Å²) in [5.74, 6) is -0.463. The van der Waals surface area contributed by atoms with Crippen molar-refractivity contribution in [1.82, 2.24) is 5.32 Å². The molecule has 2 aromatic rings. The Kier molecular flexibility index (Phi) is 8.61. The fourth-order valence-electron chi connectivity index (χ4n) is 2.35. The van der Waals surface area contributed by atoms with Gasteiger partial charge in [0, 0.05) is 12.1 Å². The number of halogens is 1. The number of unbranched alkanes of at least 4 members (excludes halogenated alkanes) is 1. The smallest absolute Gasteiger partial charge is 0.251 e. The topological polar surface area (TPSA) is 89.3 Å². The summed E-state index contributed by atoms with van der Waals surface area (Å²) in [6.45, 7) is 1.11. The van der Waals surface area contributed by atoms with Gasteiger partial charge >= 0.3 is 0 Å². The van der Waals surface area contributed by atoms with Gasteiger partial charge in [-0.3, -0.25) is 4.79 Å². The zero-order chi connectivity index (χ0) is 17.4. The van der Waals surface area contributed by atoms with Crippen molar-refractivity contribution in [3.8, 4) is 0 Å². The molecule has 0 aliphatic rings. The third-order valence-corrected chi connectivity index (χ3v) is 5.31. The Hall–Kier alpha value is -1.89. The average Bonchev–Trinajstić information content (AvgIpc) is 2.59. The Balaban J connectivity index is 0.00000312. The fraction of sp³-hybridized carbons (Fsp3) is 0.278. The van der Waals surface area contributed by atoms with Crippen molar-refractivity contribution in [3.63, 3.8) is 0 Å². The summed E-state index contributed by atoms with van der Waals surface area (Å²) in [4.78, 5) is 12.6. The molecule has 0 atom stereocenters. The molecule has 0 saturated carbocycles. The molecule has 25 heavy (non-hydrogen) atoms. The van der Waals surface area contributed by atoms with Gasteiger partial charge in [-0.2, -0.15) is 0 Å². The summed E-state index contributed by atoms with van der Waals surface area (Å²) in [5, 5.41) is 2.81. The number of carbonyl (C=O) groups is 1. The number of amides is 1. The Labute approximate surface area is 155 Å². The summed E-state index contributed by atoms with van der Waals surface area (Å²) in [5.41, 5.74) is 6.32. The summed E-state index contributed by atoms with van der Waals surface area (Å²) >= 11 is 0. The van der Waals surface area contributed by atoms with Gasteiger partial charge in [0.2, 0.25) is 0 Å². The first-order chi connectivity index (χ1) is 11.5. The van der Waals surface area contributed by atoms with E-state index in [4.69, 9.17) is 5.73 Å². The van der Waals surface area contributed by atoms with Gasteiger partial charge in [0.1, 0.15) is 0 Å². The summed E-state index contributed by atoms with van der Waals surface area (Å²) in [6.07, 6.45) is 1.64. The van der Waals surface area contributed by atoms with Crippen molar-refractivity contribution in [2.75, 3.05) is 13.1 Å². The van der Waals surface area contributed by atoms with Gasteiger partial charge in [0.15, 0.2) is 9.84 Å². The monoisotopic (exact) mass is 382 g/mol. The summed E-state index contributed by atoms with van der Waals surface area (Å²) < 4.78 is 25.1. The average molecular weight is 383 g/mol. The maximum absolute atomic E-state index is 12.5. The van der Waals surface area contributed by atoms with Crippen LogP contribution < -0.4 is 11.1 Å². The highest BCUT2D eigenvalue weighted by Gasteiger charge is 2.19. The van der Waals surface area contributed by atoms with E-state index < -0.39 is 9.84 Å². The Bertz CT molecular complexity index is 780. The highest BCUT2D eigenvalue weighted by molar-refractivity contribution is 7.90. The van der Waals surface area contributed by atoms with E-state index in [1.807, 2.05) is 0 Å². The van der Waals surface area contributed by atoms with E-state index in [1.54, 1.807) is 54.6 Å². The lowest BCUT2D eigenvalue weighted by atomic mass is 10.1. The maximum Gasteiger partial charge on any atom is 0.251 e. The van der Waals surface area contributed by atoms with E-state index in [0.29, 0.717) is 24.2 Å². The standard InChI is InChI=1S/C18H22N2O3S.ClH/c19-12-6-7-13-20-18(21)17-11-5-4-8-15(17)14-24(22,23)16-9-2-1-3-10-16;/h1-5,8-11H,6-7,12-14,19H2,(H,20,21);1H. The minimum Gasteiger partial charge on any atom is -0.352 e. The predicted octanol–water partition coefficient (Wildman–Crippen LogP) is 2.55. The molecule has 0 fully saturated rings. The van der Waals surface area contributed by atoms with Crippen molar-refractivity contribution in [2.24, 2.45) is 5.73 Å². The molecule has 0 aromatic heterocycles. The van der Waals surface area contributed by atoms with E-state index in [0.717, 1.165) is 12.8 Å². The Morgan fingerprint density at radius 2 is 1.60 bits per heavy atom. The second kappa shape index (κ2) is 10.2. The van der Waals surface area contributed by atoms with Crippen LogP contribution in [0.4, 0.5) is 0 Å². The van der Waals surface area contributed by atoms with Gasteiger partial charge in [0.25, 0.3) is 5.91 Å². The second-order valence-electron chi connectivity index (χ2n) is 5.48. The molecule has 5 nitrogen and oxygen atoms in total. The Morgan fingerprint density at radius 3 is 2.28 bits per heavy atom. The SMILES string of the molecule is Cl.NCCCCNC(=O)c1ccccc1CS(=O)(=O)c1ccccc1. The first-order valence-corrected chi connectivity index (χ1v) is 9.54. The van der Waals surface area contributed by atoms with Gasteiger partial charge in [0.05, 0.1) is 10.6 Å². The third kappa shape index (κ3) is 6.16. The number of sulfone groups is 1. The highest BCUT2D eigenvalue weighted by atomic mass is 35.5. The van der Waals surface area contributed by atoms with Crippen LogP contribution in [0.5, 0.6) is 0 Å². The molecule has 0 heterocycles. The molecule has 2 rings (SSSR count). The van der Waals surface area contributed by atoms with E-state index in [1.165, 1.54) is 0 Å². The van der Waals surface area contributed by atoms with Gasteiger partial charge < -0.3 is 11.1 Å². The normalized spacial score (nSPS) is 10.8. The number of hydrogen-bond donors (Lipinski definition) is 2. The van der Waals surface area contributed by atoms with Gasteiger partial charge in [-0.1, -0.05) is 36.4 Å². The largest absolute Gasteiger partial charge is 0.352 e. The number of rotatable bonds is 8. The molecule has 0 bridgehead atoms. The fourth-order valence-corrected chi connectivity index (χ4v) is 3.75. The molecule has 2 aromatic carbocycles. The molecule has 1 amide bonds. The molecule has 0 spiro atoms. The summed E-state index contributed by atoms with van der Waals surface area (Å²) in [7, 11) is -3.49. The highest BCUT2D eigenvalue weighted by Crippen LogP contribution is 2.19. The first kappa shape index (κ1) is 21.2.